The minimum atomic E-state index is -1.02. The Hall–Kier alpha value is -6.46. The van der Waals surface area contributed by atoms with Crippen LogP contribution in [0.15, 0.2) is 66.0 Å². The van der Waals surface area contributed by atoms with Crippen LogP contribution in [0.5, 0.6) is 17.2 Å². The van der Waals surface area contributed by atoms with Gasteiger partial charge in [-0.05, 0) is 73.2 Å². The van der Waals surface area contributed by atoms with Crippen molar-refractivity contribution >= 4 is 34.4 Å². The van der Waals surface area contributed by atoms with Gasteiger partial charge in [0.1, 0.15) is 29.0 Å². The average molecular weight is 805 g/mol. The lowest BCUT2D eigenvalue weighted by Crippen LogP contribution is -2.54. The molecule has 3 aliphatic rings. The molecule has 0 aliphatic carbocycles. The Kier molecular flexibility index (Phi) is 11.2. The van der Waals surface area contributed by atoms with Gasteiger partial charge in [0.25, 0.3) is 17.4 Å². The van der Waals surface area contributed by atoms with Crippen LogP contribution in [-0.2, 0) is 41.1 Å². The molecule has 3 aromatic heterocycles. The number of hydrogen-bond acceptors (Lipinski definition) is 13. The maximum atomic E-state index is 13.1. The minimum Gasteiger partial charge on any atom is -0.496 e. The maximum absolute atomic E-state index is 13.1. The number of aromatic nitrogens is 5. The summed E-state index contributed by atoms with van der Waals surface area (Å²) in [6.07, 6.45) is 9.58. The topological polar surface area (TPSA) is 189 Å². The van der Waals surface area contributed by atoms with Crippen LogP contribution in [0.25, 0.3) is 21.9 Å². The molecule has 0 radical (unpaired) electrons. The van der Waals surface area contributed by atoms with E-state index in [0.717, 1.165) is 52.9 Å². The number of carbonyl (C=O) groups is 4. The number of methoxy groups -OCH3 is 2. The normalized spacial score (nSPS) is 18.3. The minimum absolute atomic E-state index is 0.00487. The average Bonchev–Trinajstić information content (AvgIpc) is 3.80. The van der Waals surface area contributed by atoms with Crippen LogP contribution in [-0.4, -0.2) is 104 Å². The summed E-state index contributed by atoms with van der Waals surface area (Å²) in [4.78, 5) is 70.2. The van der Waals surface area contributed by atoms with Gasteiger partial charge in [-0.3, -0.25) is 48.8 Å². The van der Waals surface area contributed by atoms with Gasteiger partial charge in [0.2, 0.25) is 11.8 Å². The number of nitrogens with zero attached hydrogens (tertiary/aromatic N) is 7. The van der Waals surface area contributed by atoms with Crippen molar-refractivity contribution in [3.63, 3.8) is 0 Å². The monoisotopic (exact) mass is 804 g/mol. The van der Waals surface area contributed by atoms with E-state index >= 15 is 0 Å². The summed E-state index contributed by atoms with van der Waals surface area (Å²) in [5.41, 5.74) is 3.64. The molecule has 4 amide bonds. The zero-order valence-corrected chi connectivity index (χ0v) is 33.0. The number of ether oxygens (including phenoxy) is 4. The highest BCUT2D eigenvalue weighted by molar-refractivity contribution is 6.23. The lowest BCUT2D eigenvalue weighted by Gasteiger charge is -2.33. The summed E-state index contributed by atoms with van der Waals surface area (Å²) < 4.78 is 27.3. The van der Waals surface area contributed by atoms with Crippen molar-refractivity contribution in [2.45, 2.75) is 63.9 Å². The van der Waals surface area contributed by atoms with Crippen LogP contribution in [0.4, 0.5) is 0 Å². The Bertz CT molecular complexity index is 2490. The van der Waals surface area contributed by atoms with Crippen LogP contribution in [0.3, 0.4) is 0 Å². The molecule has 3 aliphatic heterocycles. The van der Waals surface area contributed by atoms with Crippen LogP contribution in [0.1, 0.15) is 64.1 Å². The number of amides is 4. The molecule has 2 aromatic carbocycles. The molecule has 0 bridgehead atoms. The summed E-state index contributed by atoms with van der Waals surface area (Å²) in [5.74, 6) is -0.410. The number of aryl methyl sites for hydroxylation is 2. The Labute approximate surface area is 338 Å². The molecule has 306 valence electrons. The zero-order valence-electron chi connectivity index (χ0n) is 33.0. The van der Waals surface area contributed by atoms with Gasteiger partial charge in [0.05, 0.1) is 61.8 Å². The van der Waals surface area contributed by atoms with Crippen molar-refractivity contribution in [2.24, 2.45) is 7.05 Å². The summed E-state index contributed by atoms with van der Waals surface area (Å²) in [6.45, 7) is 3.39. The van der Waals surface area contributed by atoms with Gasteiger partial charge in [-0.25, -0.2) is 0 Å². The number of likely N-dealkylation sites (tertiary alicyclic amines) is 1. The molecule has 1 N–H and O–H groups in total. The van der Waals surface area contributed by atoms with E-state index in [1.54, 1.807) is 49.0 Å². The molecule has 2 saturated heterocycles. The van der Waals surface area contributed by atoms with Crippen LogP contribution >= 0.6 is 0 Å². The van der Waals surface area contributed by atoms with Crippen molar-refractivity contribution in [1.82, 2.24) is 39.7 Å². The lowest BCUT2D eigenvalue weighted by molar-refractivity contribution is -0.136. The van der Waals surface area contributed by atoms with E-state index in [9.17, 15) is 24.0 Å². The van der Waals surface area contributed by atoms with Gasteiger partial charge in [0, 0.05) is 63.7 Å². The molecule has 0 saturated carbocycles. The number of pyridine rings is 2. The quantitative estimate of drug-likeness (QED) is 0.127. The third-order valence-corrected chi connectivity index (χ3v) is 11.0. The predicted octanol–water partition coefficient (Wildman–Crippen LogP) is 3.26. The van der Waals surface area contributed by atoms with E-state index in [1.165, 1.54) is 12.1 Å². The zero-order chi connectivity index (χ0) is 41.2. The molecule has 0 spiro atoms. The highest BCUT2D eigenvalue weighted by atomic mass is 16.5. The molecule has 59 heavy (non-hydrogen) atoms. The molecule has 5 aromatic rings. The first-order valence-corrected chi connectivity index (χ1v) is 19.5. The number of carbonyl (C=O) groups excluding carboxylic acids is 4. The number of rotatable bonds is 14. The number of nitrogens with one attached hydrogen (secondary N) is 1. The summed E-state index contributed by atoms with van der Waals surface area (Å²) in [7, 11) is 5.03. The molecular formula is C42H44N8O9. The van der Waals surface area contributed by atoms with Gasteiger partial charge >= 0.3 is 0 Å². The van der Waals surface area contributed by atoms with Gasteiger partial charge in [-0.1, -0.05) is 5.21 Å². The SMILES string of the molecule is COc1cc(-c2cn(C)c(=O)c3cnccc23)cc(OC)c1CN1CCCC(OCc2cn(CCCOc3ccc4c(c3)C(=O)N(C3CCC(=O)NC3=O)C4=O)nn2)C1. The number of benzene rings is 2. The Balaban J connectivity index is 0.828. The van der Waals surface area contributed by atoms with Crippen molar-refractivity contribution < 1.29 is 38.1 Å². The number of imide groups is 2. The first kappa shape index (κ1) is 39.4. The molecular weight excluding hydrogens is 761 g/mol. The Morgan fingerprint density at radius 1 is 0.898 bits per heavy atom. The highest BCUT2D eigenvalue weighted by Gasteiger charge is 2.44. The third kappa shape index (κ3) is 8.03. The van der Waals surface area contributed by atoms with E-state index in [-0.39, 0.29) is 35.6 Å². The number of fused-ring (bicyclic) bond motifs is 2. The highest BCUT2D eigenvalue weighted by Crippen LogP contribution is 2.38. The second-order valence-electron chi connectivity index (χ2n) is 14.9. The molecule has 6 heterocycles. The van der Waals surface area contributed by atoms with Gasteiger partial charge in [-0.2, -0.15) is 0 Å². The van der Waals surface area contributed by atoms with E-state index < -0.39 is 29.7 Å². The maximum Gasteiger partial charge on any atom is 0.262 e. The molecule has 8 rings (SSSR count). The summed E-state index contributed by atoms with van der Waals surface area (Å²) in [6, 6.07) is 9.46. The van der Waals surface area contributed by atoms with Crippen molar-refractivity contribution in [2.75, 3.05) is 33.9 Å². The number of hydrogen-bond donors (Lipinski definition) is 1. The van der Waals surface area contributed by atoms with E-state index in [2.05, 4.69) is 25.5 Å². The Morgan fingerprint density at radius 2 is 1.69 bits per heavy atom. The fraction of sp³-hybridized carbons (Fsp3) is 0.381. The second kappa shape index (κ2) is 16.8. The first-order chi connectivity index (χ1) is 28.6. The summed E-state index contributed by atoms with van der Waals surface area (Å²) in [5, 5.41) is 12.1. The molecule has 17 heteroatoms. The van der Waals surface area contributed by atoms with E-state index in [4.69, 9.17) is 18.9 Å². The van der Waals surface area contributed by atoms with Crippen molar-refractivity contribution in [1.29, 1.82) is 0 Å². The van der Waals surface area contributed by atoms with Gasteiger partial charge < -0.3 is 23.5 Å². The van der Waals surface area contributed by atoms with Crippen molar-refractivity contribution in [3.05, 3.63) is 93.9 Å². The van der Waals surface area contributed by atoms with E-state index in [0.29, 0.717) is 61.1 Å². The lowest BCUT2D eigenvalue weighted by atomic mass is 9.98. The number of piperidine rings is 2. The van der Waals surface area contributed by atoms with Gasteiger partial charge in [0.15, 0.2) is 0 Å². The first-order valence-electron chi connectivity index (χ1n) is 19.5. The van der Waals surface area contributed by atoms with Crippen LogP contribution < -0.4 is 25.1 Å². The standard InChI is InChI=1S/C42H44N8O9/c1-47-22-33(29-11-12-43-19-32(29)40(47)53)25-16-36(56-2)34(37(17-25)57-3)23-48-13-4-6-28(21-48)59-24-26-20-49(46-45-26)14-5-15-58-27-7-8-30-31(18-27)42(55)50(41(30)54)35-9-10-38(51)44-39(35)52/h7-8,11-12,16-20,22,28,35H,4-6,9-10,13-15,21,23-24H2,1-3H3,(H,44,51,52). The Morgan fingerprint density at radius 3 is 2.47 bits per heavy atom. The van der Waals surface area contributed by atoms with Crippen LogP contribution in [0.2, 0.25) is 0 Å². The fourth-order valence-electron chi connectivity index (χ4n) is 8.03. The van der Waals surface area contributed by atoms with Gasteiger partial charge in [-0.15, -0.1) is 5.10 Å². The van der Waals surface area contributed by atoms with E-state index in [1.807, 2.05) is 30.6 Å². The van der Waals surface area contributed by atoms with Crippen LogP contribution in [0, 0.1) is 0 Å². The third-order valence-electron chi connectivity index (χ3n) is 11.0. The predicted molar refractivity (Wildman–Crippen MR) is 212 cm³/mol. The van der Waals surface area contributed by atoms with Crippen molar-refractivity contribution in [3.8, 4) is 28.4 Å². The molecule has 17 nitrogen and oxygen atoms in total. The molecule has 2 fully saturated rings. The molecule has 2 unspecified atom stereocenters. The molecule has 2 atom stereocenters. The smallest absolute Gasteiger partial charge is 0.262 e. The summed E-state index contributed by atoms with van der Waals surface area (Å²) >= 11 is 0. The second-order valence-corrected chi connectivity index (χ2v) is 14.9. The largest absolute Gasteiger partial charge is 0.496 e. The fourth-order valence-corrected chi connectivity index (χ4v) is 8.03.